The minimum Gasteiger partial charge on any atom is -0.342 e. The first-order chi connectivity index (χ1) is 16.0. The number of hydrogen-bond acceptors (Lipinski definition) is 7. The fourth-order valence-electron chi connectivity index (χ4n) is 5.01. The van der Waals surface area contributed by atoms with Crippen LogP contribution in [-0.4, -0.2) is 38.0 Å². The number of piperidine rings is 1. The lowest BCUT2D eigenvalue weighted by molar-refractivity contribution is 0.187. The predicted molar refractivity (Wildman–Crippen MR) is 121 cm³/mol. The Morgan fingerprint density at radius 1 is 1.12 bits per heavy atom. The third-order valence-electron chi connectivity index (χ3n) is 6.83. The summed E-state index contributed by atoms with van der Waals surface area (Å²) in [7, 11) is 0. The van der Waals surface area contributed by atoms with Gasteiger partial charge in [-0.1, -0.05) is 17.8 Å². The molecule has 3 N–H and O–H groups in total. The van der Waals surface area contributed by atoms with Crippen molar-refractivity contribution >= 4 is 29.0 Å². The molecule has 10 heteroatoms. The van der Waals surface area contributed by atoms with E-state index in [1.54, 1.807) is 24.5 Å². The average Bonchev–Trinajstić information content (AvgIpc) is 3.35. The van der Waals surface area contributed by atoms with Crippen molar-refractivity contribution in [3.05, 3.63) is 65.6 Å². The summed E-state index contributed by atoms with van der Waals surface area (Å²) < 4.78 is 27.6. The van der Waals surface area contributed by atoms with Gasteiger partial charge < -0.3 is 15.6 Å². The Morgan fingerprint density at radius 3 is 2.79 bits per heavy atom. The van der Waals surface area contributed by atoms with Crippen LogP contribution in [0.5, 0.6) is 0 Å². The number of anilines is 1. The molecule has 0 saturated carbocycles. The summed E-state index contributed by atoms with van der Waals surface area (Å²) in [5.41, 5.74) is 9.73. The molecule has 1 spiro atoms. The molecule has 4 heterocycles. The van der Waals surface area contributed by atoms with Gasteiger partial charge in [-0.15, -0.1) is 0 Å². The van der Waals surface area contributed by atoms with Gasteiger partial charge in [0.15, 0.2) is 17.1 Å². The summed E-state index contributed by atoms with van der Waals surface area (Å²) in [5, 5.41) is 0.572. The topological polar surface area (TPSA) is 96.6 Å². The van der Waals surface area contributed by atoms with Crippen LogP contribution in [0.25, 0.3) is 11.3 Å². The van der Waals surface area contributed by atoms with Crippen LogP contribution < -0.4 is 10.6 Å². The molecular weight excluding hydrogens is 444 g/mol. The minimum atomic E-state index is -0.396. The fraction of sp³-hybridized carbons (Fsp3) is 0.304. The van der Waals surface area contributed by atoms with E-state index in [1.165, 1.54) is 24.0 Å². The van der Waals surface area contributed by atoms with Gasteiger partial charge >= 0.3 is 0 Å². The average molecular weight is 466 g/mol. The quantitative estimate of drug-likeness (QED) is 0.472. The van der Waals surface area contributed by atoms with Gasteiger partial charge in [0.25, 0.3) is 0 Å². The molecular formula is C23H21F2N7S. The smallest absolute Gasteiger partial charge is 0.206 e. The summed E-state index contributed by atoms with van der Waals surface area (Å²) in [4.78, 5) is 23.2. The lowest BCUT2D eigenvalue weighted by atomic mass is 9.73. The molecule has 1 aliphatic heterocycles. The lowest BCUT2D eigenvalue weighted by Crippen LogP contribution is -2.44. The van der Waals surface area contributed by atoms with Gasteiger partial charge in [0.05, 0.1) is 17.3 Å². The summed E-state index contributed by atoms with van der Waals surface area (Å²) in [6.45, 7) is 1.57. The predicted octanol–water partition coefficient (Wildman–Crippen LogP) is 4.02. The van der Waals surface area contributed by atoms with Crippen LogP contribution in [0.15, 0.2) is 52.8 Å². The van der Waals surface area contributed by atoms with E-state index < -0.39 is 5.82 Å². The Morgan fingerprint density at radius 2 is 1.97 bits per heavy atom. The molecule has 7 nitrogen and oxygen atoms in total. The van der Waals surface area contributed by atoms with E-state index >= 15 is 0 Å². The maximum atomic E-state index is 13.9. The number of pyridine rings is 1. The van der Waals surface area contributed by atoms with Gasteiger partial charge in [-0.25, -0.2) is 18.7 Å². The zero-order valence-electron chi connectivity index (χ0n) is 17.6. The van der Waals surface area contributed by atoms with E-state index in [-0.39, 0.29) is 17.3 Å². The molecule has 3 aromatic heterocycles. The zero-order valence-corrected chi connectivity index (χ0v) is 18.4. The maximum absolute atomic E-state index is 13.9. The van der Waals surface area contributed by atoms with Crippen LogP contribution in [0.1, 0.15) is 30.0 Å². The fourth-order valence-corrected chi connectivity index (χ4v) is 5.76. The largest absolute Gasteiger partial charge is 0.342 e. The van der Waals surface area contributed by atoms with Gasteiger partial charge in [0.1, 0.15) is 10.8 Å². The van der Waals surface area contributed by atoms with Gasteiger partial charge in [-0.3, -0.25) is 4.98 Å². The van der Waals surface area contributed by atoms with E-state index in [9.17, 15) is 8.78 Å². The standard InChI is InChI=1S/C23H21F2N7S/c24-14-2-1-13-10-23(19(26)15(13)9-14)4-7-32(8-5-23)22-30-20-21(31-22)29-18(12-28-20)33-17-3-6-27-11-16(17)25/h1-3,6,9,11-12,19H,4-5,7-8,10,26H2,(H,28,29,30,31)/t19-/m1/s1. The highest BCUT2D eigenvalue weighted by Gasteiger charge is 2.46. The summed E-state index contributed by atoms with van der Waals surface area (Å²) in [5.74, 6) is 0.0873. The zero-order chi connectivity index (χ0) is 22.6. The third kappa shape index (κ3) is 3.53. The van der Waals surface area contributed by atoms with E-state index in [2.05, 4.69) is 29.8 Å². The Labute approximate surface area is 192 Å². The molecule has 4 aromatic rings. The van der Waals surface area contributed by atoms with Crippen molar-refractivity contribution in [2.24, 2.45) is 11.1 Å². The SMILES string of the molecule is N[C@@H]1c2cc(F)ccc2CC12CCN(c1nc3ncc(Sc4ccncc4F)nc3[nH]1)CC2. The Kier molecular flexibility index (Phi) is 4.81. The number of nitrogens with zero attached hydrogens (tertiary/aromatic N) is 5. The van der Waals surface area contributed by atoms with Crippen molar-refractivity contribution in [2.75, 3.05) is 18.0 Å². The Hall–Kier alpha value is -3.11. The van der Waals surface area contributed by atoms with Crippen LogP contribution in [0, 0.1) is 17.0 Å². The van der Waals surface area contributed by atoms with Crippen molar-refractivity contribution in [2.45, 2.75) is 35.2 Å². The van der Waals surface area contributed by atoms with Crippen LogP contribution in [0.3, 0.4) is 0 Å². The lowest BCUT2D eigenvalue weighted by Gasteiger charge is -2.42. The van der Waals surface area contributed by atoms with Crippen molar-refractivity contribution in [3.63, 3.8) is 0 Å². The molecule has 0 radical (unpaired) electrons. The molecule has 1 aromatic carbocycles. The van der Waals surface area contributed by atoms with E-state index in [1.807, 2.05) is 6.07 Å². The third-order valence-corrected chi connectivity index (χ3v) is 7.78. The number of H-pyrrole nitrogens is 1. The Balaban J connectivity index is 1.19. The maximum Gasteiger partial charge on any atom is 0.206 e. The molecule has 6 rings (SSSR count). The molecule has 2 aliphatic rings. The van der Waals surface area contributed by atoms with Gasteiger partial charge in [0, 0.05) is 25.3 Å². The second-order valence-electron chi connectivity index (χ2n) is 8.70. The first kappa shape index (κ1) is 20.5. The number of aromatic amines is 1. The molecule has 1 saturated heterocycles. The molecule has 33 heavy (non-hydrogen) atoms. The molecule has 0 unspecified atom stereocenters. The number of aromatic nitrogens is 5. The van der Waals surface area contributed by atoms with Crippen LogP contribution in [0.2, 0.25) is 0 Å². The van der Waals surface area contributed by atoms with Crippen molar-refractivity contribution in [1.82, 2.24) is 24.9 Å². The first-order valence-corrected chi connectivity index (χ1v) is 11.6. The number of imidazole rings is 1. The highest BCUT2D eigenvalue weighted by molar-refractivity contribution is 7.99. The van der Waals surface area contributed by atoms with Crippen LogP contribution >= 0.6 is 11.8 Å². The highest BCUT2D eigenvalue weighted by atomic mass is 32.2. The summed E-state index contributed by atoms with van der Waals surface area (Å²) in [6.07, 6.45) is 6.98. The summed E-state index contributed by atoms with van der Waals surface area (Å²) in [6, 6.07) is 6.43. The number of benzene rings is 1. The number of nitrogens with two attached hydrogens (primary N) is 1. The highest BCUT2D eigenvalue weighted by Crippen LogP contribution is 2.51. The number of hydrogen-bond donors (Lipinski definition) is 2. The Bertz CT molecular complexity index is 1350. The van der Waals surface area contributed by atoms with Crippen LogP contribution in [-0.2, 0) is 6.42 Å². The molecule has 168 valence electrons. The molecule has 0 bridgehead atoms. The van der Waals surface area contributed by atoms with Gasteiger partial charge in [-0.05, 0) is 54.0 Å². The van der Waals surface area contributed by atoms with Crippen molar-refractivity contribution in [3.8, 4) is 0 Å². The number of rotatable bonds is 3. The van der Waals surface area contributed by atoms with E-state index in [0.29, 0.717) is 27.2 Å². The van der Waals surface area contributed by atoms with Crippen molar-refractivity contribution in [1.29, 1.82) is 0 Å². The molecule has 0 amide bonds. The number of fused-ring (bicyclic) bond motifs is 2. The normalized spacial score (nSPS) is 19.4. The van der Waals surface area contributed by atoms with Gasteiger partial charge in [0.2, 0.25) is 5.95 Å². The van der Waals surface area contributed by atoms with Crippen LogP contribution in [0.4, 0.5) is 14.7 Å². The van der Waals surface area contributed by atoms with Crippen molar-refractivity contribution < 1.29 is 8.78 Å². The first-order valence-electron chi connectivity index (χ1n) is 10.8. The second kappa shape index (κ2) is 7.74. The van der Waals surface area contributed by atoms with Gasteiger partial charge in [-0.2, -0.15) is 4.98 Å². The second-order valence-corrected chi connectivity index (χ2v) is 9.76. The molecule has 1 atom stereocenters. The van der Waals surface area contributed by atoms with E-state index in [0.717, 1.165) is 43.5 Å². The number of nitrogens with one attached hydrogen (secondary N) is 1. The number of halogens is 2. The minimum absolute atomic E-state index is 0.0481. The molecule has 1 fully saturated rings. The molecule has 1 aliphatic carbocycles. The monoisotopic (exact) mass is 465 g/mol. The summed E-state index contributed by atoms with van der Waals surface area (Å²) >= 11 is 1.19. The van der Waals surface area contributed by atoms with E-state index in [4.69, 9.17) is 5.73 Å².